The van der Waals surface area contributed by atoms with Crippen molar-refractivity contribution in [2.24, 2.45) is 5.11 Å². The van der Waals surface area contributed by atoms with E-state index in [0.717, 1.165) is 22.3 Å². The average Bonchev–Trinajstić information content (AvgIpc) is 3.29. The van der Waals surface area contributed by atoms with Crippen molar-refractivity contribution in [1.29, 1.82) is 0 Å². The van der Waals surface area contributed by atoms with Gasteiger partial charge in [0.25, 0.3) is 0 Å². The number of hydrogen-bond acceptors (Lipinski definition) is 13. The van der Waals surface area contributed by atoms with Crippen LogP contribution in [0.5, 0.6) is 0 Å². The predicted molar refractivity (Wildman–Crippen MR) is 247 cm³/mol. The smallest absolute Gasteiger partial charge is 0.303 e. The van der Waals surface area contributed by atoms with Crippen LogP contribution in [-0.4, -0.2) is 94.8 Å². The highest BCUT2D eigenvalue weighted by Crippen LogP contribution is 2.41. The van der Waals surface area contributed by atoms with E-state index in [1.807, 2.05) is 121 Å². The number of nitrogens with zero attached hydrogens (tertiary/aromatic N) is 3. The van der Waals surface area contributed by atoms with Crippen molar-refractivity contribution in [3.05, 3.63) is 154 Å². The van der Waals surface area contributed by atoms with Crippen molar-refractivity contribution < 1.29 is 56.6 Å². The molecule has 6 rings (SSSR count). The van der Waals surface area contributed by atoms with Crippen molar-refractivity contribution in [3.63, 3.8) is 0 Å². The molecule has 2 saturated heterocycles. The van der Waals surface area contributed by atoms with Gasteiger partial charge in [-0.3, -0.25) is 9.59 Å². The van der Waals surface area contributed by atoms with Crippen molar-refractivity contribution in [1.82, 2.24) is 0 Å². The fourth-order valence-corrected chi connectivity index (χ4v) is 8.60. The molecule has 0 saturated carbocycles. The lowest BCUT2D eigenvalue weighted by atomic mass is 9.95. The maximum absolute atomic E-state index is 13.1. The standard InChI is InChI=1S/C50H63N3O12Si/c1-34(54)57-33-41-43(58-29-37-22-14-9-15-23-37)46(61-35(2)55)47(60-31-39-26-18-11-19-27-39)49(63-41)64-44-40(32-56-28-36-20-12-8-13-21-36)62-48(65-66(6,7)50(3,4)5)42(52-53-51)45(44)59-30-38-24-16-10-17-25-38/h8-27,40-49H,28-33H2,1-7H3/t40-,41-,42-,43-,44-,45-,46+,47+,48+,49-/m1/s1. The summed E-state index contributed by atoms with van der Waals surface area (Å²) in [6.07, 6.45) is -9.81. The van der Waals surface area contributed by atoms with E-state index in [1.165, 1.54) is 13.8 Å². The van der Waals surface area contributed by atoms with Crippen LogP contribution in [0.2, 0.25) is 18.1 Å². The van der Waals surface area contributed by atoms with Crippen LogP contribution in [0.3, 0.4) is 0 Å². The summed E-state index contributed by atoms with van der Waals surface area (Å²) in [5.74, 6) is -1.17. The first kappa shape index (κ1) is 50.4. The fourth-order valence-electron chi connectivity index (χ4n) is 7.48. The van der Waals surface area contributed by atoms with Gasteiger partial charge in [-0.15, -0.1) is 0 Å². The van der Waals surface area contributed by atoms with Gasteiger partial charge < -0.3 is 47.1 Å². The van der Waals surface area contributed by atoms with Gasteiger partial charge in [-0.2, -0.15) is 0 Å². The third kappa shape index (κ3) is 14.3. The minimum Gasteiger partial charge on any atom is -0.463 e. The lowest BCUT2D eigenvalue weighted by molar-refractivity contribution is -0.357. The summed E-state index contributed by atoms with van der Waals surface area (Å²) in [7, 11) is -2.60. The van der Waals surface area contributed by atoms with Gasteiger partial charge in [-0.25, -0.2) is 0 Å². The topological polar surface area (TPSA) is 175 Å². The Kier molecular flexibility index (Phi) is 18.5. The molecule has 0 N–H and O–H groups in total. The van der Waals surface area contributed by atoms with Gasteiger partial charge in [0.2, 0.25) is 0 Å². The van der Waals surface area contributed by atoms with E-state index >= 15 is 0 Å². The quantitative estimate of drug-likeness (QED) is 0.0255. The molecule has 4 aromatic carbocycles. The molecule has 0 unspecified atom stereocenters. The van der Waals surface area contributed by atoms with Crippen LogP contribution in [0.25, 0.3) is 10.4 Å². The number of benzene rings is 4. The van der Waals surface area contributed by atoms with Crippen molar-refractivity contribution in [3.8, 4) is 0 Å². The summed E-state index contributed by atoms with van der Waals surface area (Å²) >= 11 is 0. The summed E-state index contributed by atoms with van der Waals surface area (Å²) < 4.78 is 65.9. The van der Waals surface area contributed by atoms with Gasteiger partial charge >= 0.3 is 11.9 Å². The van der Waals surface area contributed by atoms with E-state index in [-0.39, 0.29) is 44.7 Å². The van der Waals surface area contributed by atoms with E-state index in [1.54, 1.807) is 0 Å². The Morgan fingerprint density at radius 3 is 1.53 bits per heavy atom. The van der Waals surface area contributed by atoms with E-state index in [4.69, 9.17) is 47.1 Å². The molecule has 0 radical (unpaired) electrons. The van der Waals surface area contributed by atoms with Gasteiger partial charge in [0.05, 0.1) is 33.0 Å². The van der Waals surface area contributed by atoms with Gasteiger partial charge in [-0.05, 0) is 45.9 Å². The van der Waals surface area contributed by atoms with Crippen LogP contribution in [0, 0.1) is 0 Å². The van der Waals surface area contributed by atoms with Crippen molar-refractivity contribution in [2.45, 2.75) is 141 Å². The zero-order valence-corrected chi connectivity index (χ0v) is 39.8. The van der Waals surface area contributed by atoms with Crippen LogP contribution in [-0.2, 0) is 83.1 Å². The molecule has 2 heterocycles. The predicted octanol–water partition coefficient (Wildman–Crippen LogP) is 8.99. The van der Waals surface area contributed by atoms with Gasteiger partial charge in [0.15, 0.2) is 27.0 Å². The van der Waals surface area contributed by atoms with Crippen molar-refractivity contribution >= 4 is 20.3 Å². The largest absolute Gasteiger partial charge is 0.463 e. The minimum absolute atomic E-state index is 0.0135. The third-order valence-electron chi connectivity index (χ3n) is 11.9. The molecule has 4 aromatic rings. The lowest BCUT2D eigenvalue weighted by Gasteiger charge is -2.51. The van der Waals surface area contributed by atoms with Gasteiger partial charge in [0.1, 0.15) is 49.3 Å². The van der Waals surface area contributed by atoms with E-state index in [9.17, 15) is 15.1 Å². The molecule has 0 aromatic heterocycles. The van der Waals surface area contributed by atoms with E-state index in [2.05, 4.69) is 43.9 Å². The molecular formula is C50H63N3O12Si. The Bertz CT molecular complexity index is 2140. The molecule has 0 aliphatic carbocycles. The second kappa shape index (κ2) is 24.2. The Balaban J connectivity index is 1.44. The SMILES string of the molecule is CC(=O)OC[C@H]1O[C@H](O[C@H]2[C@H](OCc3ccccc3)[C@@H](N=[N+]=[N-])[C@H](O[Si](C)(C)C(C)(C)C)O[C@@H]2COCc2ccccc2)[C@@H](OCc2ccccc2)[C@@H](OC(C)=O)[C@@H]1OCc1ccccc1. The highest BCUT2D eigenvalue weighted by molar-refractivity contribution is 6.74. The number of carbonyl (C=O) groups excluding carboxylic acids is 2. The molecule has 15 nitrogen and oxygen atoms in total. The molecule has 354 valence electrons. The fraction of sp³-hybridized carbons (Fsp3) is 0.480. The highest BCUT2D eigenvalue weighted by Gasteiger charge is 2.56. The first-order valence-electron chi connectivity index (χ1n) is 22.3. The van der Waals surface area contributed by atoms with Crippen LogP contribution in [0.15, 0.2) is 126 Å². The maximum Gasteiger partial charge on any atom is 0.303 e. The molecule has 10 atom stereocenters. The number of azide groups is 1. The molecule has 0 bridgehead atoms. The summed E-state index contributed by atoms with van der Waals surface area (Å²) in [6, 6.07) is 37.2. The van der Waals surface area contributed by atoms with Crippen LogP contribution in [0.1, 0.15) is 56.9 Å². The second-order valence-electron chi connectivity index (χ2n) is 17.9. The van der Waals surface area contributed by atoms with Crippen LogP contribution >= 0.6 is 0 Å². The Labute approximate surface area is 388 Å². The lowest BCUT2D eigenvalue weighted by Crippen LogP contribution is -2.66. The average molecular weight is 926 g/mol. The molecule has 16 heteroatoms. The first-order chi connectivity index (χ1) is 31.7. The first-order valence-corrected chi connectivity index (χ1v) is 25.2. The molecule has 0 spiro atoms. The second-order valence-corrected chi connectivity index (χ2v) is 22.7. The summed E-state index contributed by atoms with van der Waals surface area (Å²) in [5.41, 5.74) is 13.6. The molecule has 66 heavy (non-hydrogen) atoms. The Hall–Kier alpha value is -4.97. The number of rotatable bonds is 21. The molecule has 2 aliphatic rings. The highest BCUT2D eigenvalue weighted by atomic mass is 28.4. The summed E-state index contributed by atoms with van der Waals surface area (Å²) in [4.78, 5) is 28.7. The van der Waals surface area contributed by atoms with Gasteiger partial charge in [0, 0.05) is 18.8 Å². The minimum atomic E-state index is -2.60. The maximum atomic E-state index is 13.1. The number of ether oxygens (including phenoxy) is 9. The zero-order chi connectivity index (χ0) is 47.1. The number of esters is 2. The normalized spacial score (nSPS) is 25.6. The zero-order valence-electron chi connectivity index (χ0n) is 38.8. The molecule has 0 amide bonds. The third-order valence-corrected chi connectivity index (χ3v) is 16.3. The molecular weight excluding hydrogens is 863 g/mol. The van der Waals surface area contributed by atoms with Gasteiger partial charge in [-0.1, -0.05) is 147 Å². The molecule has 2 aliphatic heterocycles. The van der Waals surface area contributed by atoms with E-state index < -0.39 is 81.6 Å². The molecule has 2 fully saturated rings. The van der Waals surface area contributed by atoms with Crippen LogP contribution < -0.4 is 0 Å². The van der Waals surface area contributed by atoms with Crippen molar-refractivity contribution in [2.75, 3.05) is 13.2 Å². The monoisotopic (exact) mass is 925 g/mol. The van der Waals surface area contributed by atoms with E-state index in [0.29, 0.717) is 0 Å². The summed E-state index contributed by atoms with van der Waals surface area (Å²) in [5, 5.41) is 4.05. The summed E-state index contributed by atoms with van der Waals surface area (Å²) in [6.45, 7) is 13.3. The van der Waals surface area contributed by atoms with Crippen LogP contribution in [0.4, 0.5) is 0 Å². The number of hydrogen-bond donors (Lipinski definition) is 0. The number of carbonyl (C=O) groups is 2. The Morgan fingerprint density at radius 2 is 1.06 bits per heavy atom. The Morgan fingerprint density at radius 1 is 0.606 bits per heavy atom.